The molecule has 3 fully saturated rings. The monoisotopic (exact) mass is 369 g/mol. The molecular weight excluding hydrogens is 334 g/mol. The van der Waals surface area contributed by atoms with Gasteiger partial charge in [0.1, 0.15) is 0 Å². The fourth-order valence-corrected chi connectivity index (χ4v) is 5.69. The number of rotatable bonds is 6. The van der Waals surface area contributed by atoms with E-state index in [1.807, 2.05) is 24.5 Å². The van der Waals surface area contributed by atoms with Crippen molar-refractivity contribution < 1.29 is 4.79 Å². The molecule has 4 rings (SSSR count). The minimum atomic E-state index is 0.326. The first kappa shape index (κ1) is 18.9. The summed E-state index contributed by atoms with van der Waals surface area (Å²) >= 11 is 0. The molecule has 1 aliphatic carbocycles. The van der Waals surface area contributed by atoms with Gasteiger partial charge in [-0.15, -0.1) is 0 Å². The van der Waals surface area contributed by atoms with Crippen LogP contribution in [0.4, 0.5) is 0 Å². The van der Waals surface area contributed by atoms with E-state index in [2.05, 4.69) is 14.8 Å². The molecule has 1 amide bonds. The third kappa shape index (κ3) is 4.90. The maximum Gasteiger partial charge on any atom is 0.222 e. The number of carbonyl (C=O) groups is 1. The molecule has 4 nitrogen and oxygen atoms in total. The van der Waals surface area contributed by atoms with Gasteiger partial charge in [-0.2, -0.15) is 0 Å². The van der Waals surface area contributed by atoms with E-state index in [4.69, 9.17) is 0 Å². The van der Waals surface area contributed by atoms with E-state index in [0.717, 1.165) is 31.8 Å². The zero-order chi connectivity index (χ0) is 18.5. The van der Waals surface area contributed by atoms with Gasteiger partial charge in [-0.25, -0.2) is 0 Å². The van der Waals surface area contributed by atoms with Crippen molar-refractivity contribution in [3.63, 3.8) is 0 Å². The van der Waals surface area contributed by atoms with Crippen LogP contribution in [-0.2, 0) is 11.3 Å². The molecule has 1 spiro atoms. The van der Waals surface area contributed by atoms with Gasteiger partial charge in [0.2, 0.25) is 5.91 Å². The van der Waals surface area contributed by atoms with E-state index >= 15 is 0 Å². The molecule has 4 heteroatoms. The summed E-state index contributed by atoms with van der Waals surface area (Å²) in [5.74, 6) is 1.34. The van der Waals surface area contributed by atoms with Crippen LogP contribution in [0.1, 0.15) is 69.8 Å². The highest BCUT2D eigenvalue weighted by molar-refractivity contribution is 5.77. The predicted molar refractivity (Wildman–Crippen MR) is 108 cm³/mol. The van der Waals surface area contributed by atoms with Crippen molar-refractivity contribution in [2.45, 2.75) is 70.8 Å². The minimum absolute atomic E-state index is 0.326. The Morgan fingerprint density at radius 3 is 2.70 bits per heavy atom. The minimum Gasteiger partial charge on any atom is -0.338 e. The van der Waals surface area contributed by atoms with Gasteiger partial charge >= 0.3 is 0 Å². The summed E-state index contributed by atoms with van der Waals surface area (Å²) in [7, 11) is 0. The molecular formula is C23H35N3O. The number of nitrogens with zero attached hydrogens (tertiary/aromatic N) is 3. The van der Waals surface area contributed by atoms with Gasteiger partial charge in [-0.3, -0.25) is 9.78 Å². The second-order valence-electron chi connectivity index (χ2n) is 9.28. The van der Waals surface area contributed by atoms with E-state index in [-0.39, 0.29) is 0 Å². The predicted octanol–water partition coefficient (Wildman–Crippen LogP) is 4.26. The Morgan fingerprint density at radius 1 is 1.07 bits per heavy atom. The summed E-state index contributed by atoms with van der Waals surface area (Å²) < 4.78 is 0. The van der Waals surface area contributed by atoms with Gasteiger partial charge in [0.25, 0.3) is 0 Å². The fraction of sp³-hybridized carbons (Fsp3) is 0.739. The van der Waals surface area contributed by atoms with Crippen LogP contribution in [0.25, 0.3) is 0 Å². The maximum atomic E-state index is 12.5. The average molecular weight is 370 g/mol. The van der Waals surface area contributed by atoms with E-state index in [9.17, 15) is 4.79 Å². The molecule has 2 aliphatic heterocycles. The van der Waals surface area contributed by atoms with Gasteiger partial charge in [0, 0.05) is 43.9 Å². The molecule has 0 aromatic carbocycles. The second kappa shape index (κ2) is 8.72. The zero-order valence-electron chi connectivity index (χ0n) is 16.7. The van der Waals surface area contributed by atoms with Crippen LogP contribution >= 0.6 is 0 Å². The smallest absolute Gasteiger partial charge is 0.222 e. The standard InChI is InChI=1S/C23H35N3O/c27-22-8-12-23(19-26(22)17-21-9-13-24-14-10-21)11-4-16-25(18-23)15-3-7-20-5-1-2-6-20/h9-10,13-14,20H,1-8,11-12,15-19H2/t23-/m1/s1. The van der Waals surface area contributed by atoms with Crippen LogP contribution in [-0.4, -0.2) is 46.9 Å². The summed E-state index contributed by atoms with van der Waals surface area (Å²) in [5.41, 5.74) is 1.52. The summed E-state index contributed by atoms with van der Waals surface area (Å²) in [6.07, 6.45) is 16.7. The maximum absolute atomic E-state index is 12.5. The molecule has 3 heterocycles. The molecule has 0 bridgehead atoms. The lowest BCUT2D eigenvalue weighted by molar-refractivity contribution is -0.140. The first-order chi connectivity index (χ1) is 13.2. The summed E-state index contributed by atoms with van der Waals surface area (Å²) in [5, 5.41) is 0. The number of piperidine rings is 2. The summed E-state index contributed by atoms with van der Waals surface area (Å²) in [4.78, 5) is 21.4. The Morgan fingerprint density at radius 2 is 1.89 bits per heavy atom. The fourth-order valence-electron chi connectivity index (χ4n) is 5.69. The lowest BCUT2D eigenvalue weighted by atomic mass is 9.73. The first-order valence-corrected chi connectivity index (χ1v) is 11.1. The number of likely N-dealkylation sites (tertiary alicyclic amines) is 2. The first-order valence-electron chi connectivity index (χ1n) is 11.1. The van der Waals surface area contributed by atoms with Crippen molar-refractivity contribution in [1.29, 1.82) is 0 Å². The van der Waals surface area contributed by atoms with Crippen LogP contribution in [0.2, 0.25) is 0 Å². The van der Waals surface area contributed by atoms with Gasteiger partial charge in [0.05, 0.1) is 0 Å². The van der Waals surface area contributed by atoms with Crippen molar-refractivity contribution >= 4 is 5.91 Å². The third-order valence-electron chi connectivity index (χ3n) is 7.17. The Labute approximate surface area is 164 Å². The molecule has 1 aromatic heterocycles. The zero-order valence-corrected chi connectivity index (χ0v) is 16.7. The molecule has 1 aromatic rings. The Balaban J connectivity index is 1.31. The number of hydrogen-bond acceptors (Lipinski definition) is 3. The molecule has 1 atom stereocenters. The Bertz CT molecular complexity index is 613. The van der Waals surface area contributed by atoms with Crippen LogP contribution in [0.15, 0.2) is 24.5 Å². The number of pyridine rings is 1. The normalized spacial score (nSPS) is 27.6. The molecule has 3 aliphatic rings. The third-order valence-corrected chi connectivity index (χ3v) is 7.17. The van der Waals surface area contributed by atoms with Crippen molar-refractivity contribution in [3.8, 4) is 0 Å². The molecule has 148 valence electrons. The van der Waals surface area contributed by atoms with Crippen LogP contribution in [0.5, 0.6) is 0 Å². The second-order valence-corrected chi connectivity index (χ2v) is 9.28. The summed E-state index contributed by atoms with van der Waals surface area (Å²) in [6, 6.07) is 4.06. The number of aromatic nitrogens is 1. The van der Waals surface area contributed by atoms with Crippen LogP contribution < -0.4 is 0 Å². The molecule has 1 saturated carbocycles. The lowest BCUT2D eigenvalue weighted by Crippen LogP contribution is -2.53. The van der Waals surface area contributed by atoms with Crippen molar-refractivity contribution in [3.05, 3.63) is 30.1 Å². The molecule has 0 N–H and O–H groups in total. The van der Waals surface area contributed by atoms with Crippen LogP contribution in [0.3, 0.4) is 0 Å². The number of carbonyl (C=O) groups excluding carboxylic acids is 1. The van der Waals surface area contributed by atoms with Gasteiger partial charge in [-0.05, 0) is 68.8 Å². The average Bonchev–Trinajstić information content (AvgIpc) is 3.20. The largest absolute Gasteiger partial charge is 0.338 e. The topological polar surface area (TPSA) is 36.4 Å². The lowest BCUT2D eigenvalue weighted by Gasteiger charge is -2.48. The van der Waals surface area contributed by atoms with Gasteiger partial charge < -0.3 is 9.80 Å². The SMILES string of the molecule is O=C1CC[C@@]2(CCCN(CCCC3CCCC3)C2)CN1Cc1ccncc1. The van der Waals surface area contributed by atoms with E-state index in [0.29, 0.717) is 11.3 Å². The highest BCUT2D eigenvalue weighted by atomic mass is 16.2. The molecule has 0 unspecified atom stereocenters. The van der Waals surface area contributed by atoms with E-state index in [1.165, 1.54) is 76.6 Å². The Kier molecular flexibility index (Phi) is 6.11. The molecule has 27 heavy (non-hydrogen) atoms. The summed E-state index contributed by atoms with van der Waals surface area (Å²) in [6.45, 7) is 5.39. The van der Waals surface area contributed by atoms with Crippen molar-refractivity contribution in [2.75, 3.05) is 26.2 Å². The van der Waals surface area contributed by atoms with Crippen molar-refractivity contribution in [1.82, 2.24) is 14.8 Å². The Hall–Kier alpha value is -1.42. The van der Waals surface area contributed by atoms with Gasteiger partial charge in [0.15, 0.2) is 0 Å². The molecule has 2 saturated heterocycles. The van der Waals surface area contributed by atoms with Crippen molar-refractivity contribution in [2.24, 2.45) is 11.3 Å². The number of hydrogen-bond donors (Lipinski definition) is 0. The van der Waals surface area contributed by atoms with E-state index in [1.54, 1.807) is 0 Å². The highest BCUT2D eigenvalue weighted by Crippen LogP contribution is 2.39. The molecule has 0 radical (unpaired) electrons. The van der Waals surface area contributed by atoms with E-state index < -0.39 is 0 Å². The van der Waals surface area contributed by atoms with Crippen LogP contribution in [0, 0.1) is 11.3 Å². The van der Waals surface area contributed by atoms with Gasteiger partial charge in [-0.1, -0.05) is 25.7 Å². The quantitative estimate of drug-likeness (QED) is 0.752. The number of amides is 1. The highest BCUT2D eigenvalue weighted by Gasteiger charge is 2.41.